The minimum absolute atomic E-state index is 0.715. The Hall–Kier alpha value is -1.59. The molecule has 4 nitrogen and oxygen atoms in total. The Kier molecular flexibility index (Phi) is 5.18. The summed E-state index contributed by atoms with van der Waals surface area (Å²) >= 11 is 1.64. The van der Waals surface area contributed by atoms with E-state index >= 15 is 0 Å². The molecule has 0 radical (unpaired) electrons. The third-order valence-electron chi connectivity index (χ3n) is 2.56. The molecule has 1 aromatic heterocycles. The summed E-state index contributed by atoms with van der Waals surface area (Å²) in [5, 5.41) is 9.34. The first-order chi connectivity index (χ1) is 9.33. The second kappa shape index (κ2) is 7.11. The Balaban J connectivity index is 2.04. The minimum atomic E-state index is 0.715. The van der Waals surface area contributed by atoms with Crippen molar-refractivity contribution in [3.63, 3.8) is 0 Å². The molecule has 1 heterocycles. The molecule has 0 amide bonds. The van der Waals surface area contributed by atoms with Crippen LogP contribution in [0.4, 0.5) is 0 Å². The van der Waals surface area contributed by atoms with E-state index < -0.39 is 0 Å². The van der Waals surface area contributed by atoms with E-state index in [1.165, 1.54) is 0 Å². The van der Waals surface area contributed by atoms with Crippen LogP contribution in [0, 0.1) is 0 Å². The Morgan fingerprint density at radius 2 is 1.79 bits per heavy atom. The van der Waals surface area contributed by atoms with Gasteiger partial charge in [0.1, 0.15) is 10.8 Å². The van der Waals surface area contributed by atoms with Gasteiger partial charge in [0.25, 0.3) is 0 Å². The summed E-state index contributed by atoms with van der Waals surface area (Å²) in [6, 6.07) is 11.7. The second-order valence-electron chi connectivity index (χ2n) is 3.83. The molecule has 0 aliphatic heterocycles. The van der Waals surface area contributed by atoms with Gasteiger partial charge >= 0.3 is 0 Å². The zero-order chi connectivity index (χ0) is 13.5. The fourth-order valence-corrected chi connectivity index (χ4v) is 2.26. The van der Waals surface area contributed by atoms with E-state index in [1.807, 2.05) is 36.4 Å². The summed E-state index contributed by atoms with van der Waals surface area (Å²) < 4.78 is 10.1. The lowest BCUT2D eigenvalue weighted by Gasteiger charge is -2.03. The Morgan fingerprint density at radius 3 is 2.37 bits per heavy atom. The number of aromatic nitrogens is 2. The second-order valence-corrected chi connectivity index (χ2v) is 4.94. The molecule has 0 aliphatic carbocycles. The fraction of sp³-hybridized carbons (Fsp3) is 0.286. The summed E-state index contributed by atoms with van der Waals surface area (Å²) in [6.07, 6.45) is 0. The largest absolute Gasteiger partial charge is 0.497 e. The van der Waals surface area contributed by atoms with Crippen LogP contribution in [0.15, 0.2) is 41.4 Å². The molecule has 5 heteroatoms. The van der Waals surface area contributed by atoms with Crippen molar-refractivity contribution in [3.8, 4) is 17.0 Å². The molecule has 0 saturated heterocycles. The summed E-state index contributed by atoms with van der Waals surface area (Å²) in [5.41, 5.74) is 1.89. The van der Waals surface area contributed by atoms with E-state index in [0.717, 1.165) is 27.8 Å². The topological polar surface area (TPSA) is 44.2 Å². The van der Waals surface area contributed by atoms with Crippen molar-refractivity contribution in [2.24, 2.45) is 0 Å². The lowest BCUT2D eigenvalue weighted by Crippen LogP contribution is -1.94. The number of nitrogens with zero attached hydrogens (tertiary/aromatic N) is 2. The van der Waals surface area contributed by atoms with E-state index in [9.17, 15) is 0 Å². The third-order valence-corrected chi connectivity index (χ3v) is 3.45. The van der Waals surface area contributed by atoms with Crippen molar-refractivity contribution in [2.75, 3.05) is 26.6 Å². The highest BCUT2D eigenvalue weighted by molar-refractivity contribution is 7.99. The molecule has 0 saturated carbocycles. The summed E-state index contributed by atoms with van der Waals surface area (Å²) in [7, 11) is 3.35. The van der Waals surface area contributed by atoms with Gasteiger partial charge in [-0.2, -0.15) is 0 Å². The normalized spacial score (nSPS) is 10.4. The van der Waals surface area contributed by atoms with Crippen molar-refractivity contribution in [1.29, 1.82) is 0 Å². The number of methoxy groups -OCH3 is 2. The molecule has 1 aromatic carbocycles. The average Bonchev–Trinajstić information content (AvgIpc) is 2.48. The smallest absolute Gasteiger partial charge is 0.119 e. The quantitative estimate of drug-likeness (QED) is 0.599. The fourth-order valence-electron chi connectivity index (χ4n) is 1.54. The van der Waals surface area contributed by atoms with Crippen LogP contribution in [0.2, 0.25) is 0 Å². The first kappa shape index (κ1) is 13.8. The standard InChI is InChI=1S/C14H16N2O2S/c1-17-9-10-19-14-8-7-13(15-16-14)11-3-5-12(18-2)6-4-11/h3-8H,9-10H2,1-2H3. The minimum Gasteiger partial charge on any atom is -0.497 e. The molecule has 0 spiro atoms. The molecular formula is C14H16N2O2S. The monoisotopic (exact) mass is 276 g/mol. The molecule has 0 fully saturated rings. The molecular weight excluding hydrogens is 260 g/mol. The Morgan fingerprint density at radius 1 is 1.00 bits per heavy atom. The van der Waals surface area contributed by atoms with E-state index in [-0.39, 0.29) is 0 Å². The van der Waals surface area contributed by atoms with E-state index in [4.69, 9.17) is 9.47 Å². The maximum Gasteiger partial charge on any atom is 0.119 e. The molecule has 100 valence electrons. The van der Waals surface area contributed by atoms with Crippen LogP contribution in [0.3, 0.4) is 0 Å². The van der Waals surface area contributed by atoms with Gasteiger partial charge in [0.05, 0.1) is 19.4 Å². The zero-order valence-corrected chi connectivity index (χ0v) is 11.8. The molecule has 0 N–H and O–H groups in total. The summed E-state index contributed by atoms with van der Waals surface area (Å²) in [5.74, 6) is 1.72. The lowest BCUT2D eigenvalue weighted by atomic mass is 10.1. The van der Waals surface area contributed by atoms with Crippen LogP contribution >= 0.6 is 11.8 Å². The number of rotatable bonds is 6. The lowest BCUT2D eigenvalue weighted by molar-refractivity contribution is 0.218. The van der Waals surface area contributed by atoms with Crippen molar-refractivity contribution in [2.45, 2.75) is 5.03 Å². The Bertz CT molecular complexity index is 500. The van der Waals surface area contributed by atoms with Crippen molar-refractivity contribution in [1.82, 2.24) is 10.2 Å². The molecule has 19 heavy (non-hydrogen) atoms. The van der Waals surface area contributed by atoms with Gasteiger partial charge in [-0.3, -0.25) is 0 Å². The van der Waals surface area contributed by atoms with Gasteiger partial charge in [0, 0.05) is 18.4 Å². The van der Waals surface area contributed by atoms with Crippen LogP contribution in [0.1, 0.15) is 0 Å². The van der Waals surface area contributed by atoms with Crippen molar-refractivity contribution < 1.29 is 9.47 Å². The molecule has 0 bridgehead atoms. The molecule has 2 rings (SSSR count). The SMILES string of the molecule is COCCSc1ccc(-c2ccc(OC)cc2)nn1. The first-order valence-electron chi connectivity index (χ1n) is 5.93. The third kappa shape index (κ3) is 3.94. The van der Waals surface area contributed by atoms with Gasteiger partial charge in [0.2, 0.25) is 0 Å². The van der Waals surface area contributed by atoms with E-state index in [0.29, 0.717) is 6.61 Å². The number of hydrogen-bond donors (Lipinski definition) is 0. The van der Waals surface area contributed by atoms with Gasteiger partial charge < -0.3 is 9.47 Å². The predicted octanol–water partition coefficient (Wildman–Crippen LogP) is 2.89. The molecule has 0 atom stereocenters. The van der Waals surface area contributed by atoms with Crippen LogP contribution in [-0.2, 0) is 4.74 Å². The number of hydrogen-bond acceptors (Lipinski definition) is 5. The molecule has 0 unspecified atom stereocenters. The summed E-state index contributed by atoms with van der Waals surface area (Å²) in [6.45, 7) is 0.715. The number of ether oxygens (including phenoxy) is 2. The highest BCUT2D eigenvalue weighted by Gasteiger charge is 2.02. The van der Waals surface area contributed by atoms with Crippen LogP contribution < -0.4 is 4.74 Å². The van der Waals surface area contributed by atoms with Gasteiger partial charge in [-0.1, -0.05) is 0 Å². The maximum atomic E-state index is 5.13. The van der Waals surface area contributed by atoms with Gasteiger partial charge in [0.15, 0.2) is 0 Å². The van der Waals surface area contributed by atoms with Crippen LogP contribution in [-0.4, -0.2) is 36.8 Å². The van der Waals surface area contributed by atoms with Gasteiger partial charge in [-0.05, 0) is 36.4 Å². The van der Waals surface area contributed by atoms with Crippen LogP contribution in [0.25, 0.3) is 11.3 Å². The first-order valence-corrected chi connectivity index (χ1v) is 6.92. The van der Waals surface area contributed by atoms with Crippen LogP contribution in [0.5, 0.6) is 5.75 Å². The molecule has 2 aromatic rings. The number of benzene rings is 1. The summed E-state index contributed by atoms with van der Waals surface area (Å²) in [4.78, 5) is 0. The van der Waals surface area contributed by atoms with Gasteiger partial charge in [-0.25, -0.2) is 0 Å². The average molecular weight is 276 g/mol. The highest BCUT2D eigenvalue weighted by atomic mass is 32.2. The van der Waals surface area contributed by atoms with Crippen molar-refractivity contribution >= 4 is 11.8 Å². The molecule has 0 aliphatic rings. The maximum absolute atomic E-state index is 5.13. The predicted molar refractivity (Wildman–Crippen MR) is 76.6 cm³/mol. The van der Waals surface area contributed by atoms with E-state index in [2.05, 4.69) is 10.2 Å². The highest BCUT2D eigenvalue weighted by Crippen LogP contribution is 2.21. The number of thioether (sulfide) groups is 1. The zero-order valence-electron chi connectivity index (χ0n) is 11.0. The van der Waals surface area contributed by atoms with E-state index in [1.54, 1.807) is 26.0 Å². The Labute approximate surface area is 117 Å². The van der Waals surface area contributed by atoms with Crippen molar-refractivity contribution in [3.05, 3.63) is 36.4 Å². The van der Waals surface area contributed by atoms with Gasteiger partial charge in [-0.15, -0.1) is 22.0 Å².